The van der Waals surface area contributed by atoms with Crippen LogP contribution in [0.1, 0.15) is 25.8 Å². The molecule has 0 aliphatic heterocycles. The van der Waals surface area contributed by atoms with Crippen molar-refractivity contribution in [1.29, 1.82) is 0 Å². The smallest absolute Gasteiger partial charge is 0.264 e. The number of sulfonamides is 1. The van der Waals surface area contributed by atoms with Gasteiger partial charge < -0.3 is 0 Å². The van der Waals surface area contributed by atoms with Gasteiger partial charge in [0.05, 0.1) is 4.90 Å². The SMILES string of the molecule is CC[C@@H](C)C(=O)NS(=O)(=O)c1ccc(C)cc1. The van der Waals surface area contributed by atoms with Crippen molar-refractivity contribution in [3.63, 3.8) is 0 Å². The van der Waals surface area contributed by atoms with Gasteiger partial charge in [0.15, 0.2) is 0 Å². The molecule has 5 heteroatoms. The van der Waals surface area contributed by atoms with Gasteiger partial charge in [-0.2, -0.15) is 0 Å². The third-order valence-electron chi connectivity index (χ3n) is 2.63. The molecule has 0 aliphatic carbocycles. The molecule has 1 amide bonds. The van der Waals surface area contributed by atoms with Crippen molar-refractivity contribution in [2.75, 3.05) is 0 Å². The lowest BCUT2D eigenvalue weighted by Crippen LogP contribution is -2.34. The van der Waals surface area contributed by atoms with Gasteiger partial charge >= 0.3 is 0 Å². The number of rotatable bonds is 4. The van der Waals surface area contributed by atoms with E-state index in [0.717, 1.165) is 5.56 Å². The summed E-state index contributed by atoms with van der Waals surface area (Å²) in [5.41, 5.74) is 0.970. The normalized spacial score (nSPS) is 13.1. The quantitative estimate of drug-likeness (QED) is 0.893. The Labute approximate surface area is 102 Å². The van der Waals surface area contributed by atoms with Crippen LogP contribution in [0.25, 0.3) is 0 Å². The zero-order valence-corrected chi connectivity index (χ0v) is 11.0. The number of nitrogens with one attached hydrogen (secondary N) is 1. The van der Waals surface area contributed by atoms with Gasteiger partial charge in [0.25, 0.3) is 10.0 Å². The van der Waals surface area contributed by atoms with Crippen LogP contribution >= 0.6 is 0 Å². The highest BCUT2D eigenvalue weighted by molar-refractivity contribution is 7.90. The number of amides is 1. The Kier molecular flexibility index (Phi) is 4.28. The van der Waals surface area contributed by atoms with Crippen LogP contribution in [-0.2, 0) is 14.8 Å². The molecule has 0 fully saturated rings. The average Bonchev–Trinajstić information content (AvgIpc) is 2.27. The van der Waals surface area contributed by atoms with Crippen molar-refractivity contribution in [3.05, 3.63) is 29.8 Å². The molecular weight excluding hydrogens is 238 g/mol. The van der Waals surface area contributed by atoms with Gasteiger partial charge in [-0.25, -0.2) is 13.1 Å². The van der Waals surface area contributed by atoms with Crippen molar-refractivity contribution in [1.82, 2.24) is 4.72 Å². The van der Waals surface area contributed by atoms with Crippen molar-refractivity contribution in [2.24, 2.45) is 5.92 Å². The summed E-state index contributed by atoms with van der Waals surface area (Å²) in [7, 11) is -3.73. The molecule has 17 heavy (non-hydrogen) atoms. The van der Waals surface area contributed by atoms with Crippen LogP contribution in [0, 0.1) is 12.8 Å². The lowest BCUT2D eigenvalue weighted by atomic mass is 10.1. The number of benzene rings is 1. The number of hydrogen-bond donors (Lipinski definition) is 1. The molecule has 94 valence electrons. The minimum atomic E-state index is -3.73. The minimum Gasteiger partial charge on any atom is -0.274 e. The lowest BCUT2D eigenvalue weighted by Gasteiger charge is -2.10. The van der Waals surface area contributed by atoms with Crippen molar-refractivity contribution >= 4 is 15.9 Å². The second kappa shape index (κ2) is 5.31. The van der Waals surface area contributed by atoms with E-state index in [0.29, 0.717) is 6.42 Å². The molecule has 1 aromatic carbocycles. The standard InChI is InChI=1S/C12H17NO3S/c1-4-10(3)12(14)13-17(15,16)11-7-5-9(2)6-8-11/h5-8,10H,4H2,1-3H3,(H,13,14)/t10-/m1/s1. The van der Waals surface area contributed by atoms with Crippen LogP contribution in [0.5, 0.6) is 0 Å². The van der Waals surface area contributed by atoms with Crippen LogP contribution < -0.4 is 4.72 Å². The van der Waals surface area contributed by atoms with E-state index >= 15 is 0 Å². The minimum absolute atomic E-state index is 0.111. The average molecular weight is 255 g/mol. The van der Waals surface area contributed by atoms with Gasteiger partial charge in [0.1, 0.15) is 0 Å². The van der Waals surface area contributed by atoms with E-state index in [4.69, 9.17) is 0 Å². The lowest BCUT2D eigenvalue weighted by molar-refractivity contribution is -0.122. The molecule has 4 nitrogen and oxygen atoms in total. The summed E-state index contributed by atoms with van der Waals surface area (Å²) in [5, 5.41) is 0. The summed E-state index contributed by atoms with van der Waals surface area (Å²) in [6.07, 6.45) is 0.606. The van der Waals surface area contributed by atoms with E-state index < -0.39 is 15.9 Å². The van der Waals surface area contributed by atoms with Crippen LogP contribution in [0.15, 0.2) is 29.2 Å². The van der Waals surface area contributed by atoms with E-state index in [2.05, 4.69) is 4.72 Å². The zero-order valence-electron chi connectivity index (χ0n) is 10.2. The highest BCUT2D eigenvalue weighted by atomic mass is 32.2. The molecule has 0 saturated heterocycles. The van der Waals surface area contributed by atoms with E-state index in [9.17, 15) is 13.2 Å². The molecule has 0 radical (unpaired) electrons. The van der Waals surface area contributed by atoms with E-state index in [1.807, 2.05) is 13.8 Å². The fourth-order valence-corrected chi connectivity index (χ4v) is 2.27. The summed E-state index contributed by atoms with van der Waals surface area (Å²) in [4.78, 5) is 11.7. The number of carbonyl (C=O) groups excluding carboxylic acids is 1. The Morgan fingerprint density at radius 2 is 1.82 bits per heavy atom. The van der Waals surface area contributed by atoms with Gasteiger partial charge in [-0.1, -0.05) is 31.5 Å². The Hall–Kier alpha value is -1.36. The van der Waals surface area contributed by atoms with Gasteiger partial charge in [-0.05, 0) is 25.5 Å². The highest BCUT2D eigenvalue weighted by Gasteiger charge is 2.20. The van der Waals surface area contributed by atoms with Crippen LogP contribution in [-0.4, -0.2) is 14.3 Å². The Bertz CT molecular complexity index is 491. The Morgan fingerprint density at radius 3 is 2.29 bits per heavy atom. The maximum Gasteiger partial charge on any atom is 0.264 e. The third kappa shape index (κ3) is 3.56. The topological polar surface area (TPSA) is 63.2 Å². The first-order valence-corrected chi connectivity index (χ1v) is 6.98. The summed E-state index contributed by atoms with van der Waals surface area (Å²) >= 11 is 0. The van der Waals surface area contributed by atoms with E-state index in [1.165, 1.54) is 12.1 Å². The third-order valence-corrected chi connectivity index (χ3v) is 3.99. The summed E-state index contributed by atoms with van der Waals surface area (Å²) in [6.45, 7) is 5.40. The van der Waals surface area contributed by atoms with Gasteiger partial charge in [-0.3, -0.25) is 4.79 Å². The Balaban J connectivity index is 2.89. The first kappa shape index (κ1) is 13.7. The second-order valence-electron chi connectivity index (χ2n) is 4.09. The van der Waals surface area contributed by atoms with E-state index in [-0.39, 0.29) is 10.8 Å². The molecular formula is C12H17NO3S. The van der Waals surface area contributed by atoms with Crippen molar-refractivity contribution in [2.45, 2.75) is 32.1 Å². The zero-order chi connectivity index (χ0) is 13.1. The first-order chi connectivity index (χ1) is 7.86. The van der Waals surface area contributed by atoms with Crippen molar-refractivity contribution in [3.8, 4) is 0 Å². The molecule has 0 aliphatic rings. The maximum absolute atomic E-state index is 11.8. The largest absolute Gasteiger partial charge is 0.274 e. The maximum atomic E-state index is 11.8. The van der Waals surface area contributed by atoms with Gasteiger partial charge in [-0.15, -0.1) is 0 Å². The summed E-state index contributed by atoms with van der Waals surface area (Å²) in [5.74, 6) is -0.775. The molecule has 0 heterocycles. The molecule has 1 rings (SSSR count). The number of aryl methyl sites for hydroxylation is 1. The fraction of sp³-hybridized carbons (Fsp3) is 0.417. The van der Waals surface area contributed by atoms with E-state index in [1.54, 1.807) is 19.1 Å². The molecule has 0 bridgehead atoms. The second-order valence-corrected chi connectivity index (χ2v) is 5.77. The first-order valence-electron chi connectivity index (χ1n) is 5.50. The highest BCUT2D eigenvalue weighted by Crippen LogP contribution is 2.11. The number of hydrogen-bond acceptors (Lipinski definition) is 3. The van der Waals surface area contributed by atoms with Crippen LogP contribution in [0.2, 0.25) is 0 Å². The fourth-order valence-electron chi connectivity index (χ4n) is 1.19. The van der Waals surface area contributed by atoms with Gasteiger partial charge in [0, 0.05) is 5.92 Å². The summed E-state index contributed by atoms with van der Waals surface area (Å²) in [6, 6.07) is 6.37. The predicted octanol–water partition coefficient (Wildman–Crippen LogP) is 1.85. The van der Waals surface area contributed by atoms with Crippen molar-refractivity contribution < 1.29 is 13.2 Å². The monoisotopic (exact) mass is 255 g/mol. The molecule has 1 atom stereocenters. The molecule has 0 unspecified atom stereocenters. The Morgan fingerprint density at radius 1 is 1.29 bits per heavy atom. The molecule has 1 N–H and O–H groups in total. The predicted molar refractivity (Wildman–Crippen MR) is 66.0 cm³/mol. The van der Waals surface area contributed by atoms with Gasteiger partial charge in [0.2, 0.25) is 5.91 Å². The summed E-state index contributed by atoms with van der Waals surface area (Å²) < 4.78 is 25.8. The molecule has 0 aromatic heterocycles. The molecule has 0 saturated carbocycles. The number of carbonyl (C=O) groups is 1. The molecule has 0 spiro atoms. The van der Waals surface area contributed by atoms with Crippen LogP contribution in [0.3, 0.4) is 0 Å². The van der Waals surface area contributed by atoms with Crippen LogP contribution in [0.4, 0.5) is 0 Å². The molecule has 1 aromatic rings.